The number of hydrogen-bond donors (Lipinski definition) is 1. The molecule has 0 spiro atoms. The van der Waals surface area contributed by atoms with Crippen LogP contribution in [-0.2, 0) is 28.9 Å². The number of nitrogens with one attached hydrogen (secondary N) is 1. The summed E-state index contributed by atoms with van der Waals surface area (Å²) in [6.07, 6.45) is 0. The Kier molecular flexibility index (Phi) is 3.71. The molecule has 0 aromatic heterocycles. The van der Waals surface area contributed by atoms with E-state index >= 15 is 0 Å². The molecule has 7 heavy (non-hydrogen) atoms. The monoisotopic (exact) mass is 269 g/mol. The molecule has 0 atom stereocenters. The average Bonchev–Trinajstić information content (AvgIpc) is 1.68. The predicted octanol–water partition coefficient (Wildman–Crippen LogP) is -0.514. The standard InChI is InChI=1S/C3H3NO2.W/c1-3(4)6-2-5;/h1-2,4H;. The van der Waals surface area contributed by atoms with Gasteiger partial charge in [0.2, 0.25) is 0 Å². The zero-order valence-electron chi connectivity index (χ0n) is 3.38. The van der Waals surface area contributed by atoms with Crippen molar-refractivity contribution >= 4 is 16.8 Å². The summed E-state index contributed by atoms with van der Waals surface area (Å²) in [5.74, 6) is -0.0787. The second-order valence-electron chi connectivity index (χ2n) is 0.696. The Balaban J connectivity index is 3.36. The first-order chi connectivity index (χ1) is 3.31. The van der Waals surface area contributed by atoms with Crippen LogP contribution < -0.4 is 0 Å². The molecule has 38 valence electrons. The Labute approximate surface area is 51.6 Å². The van der Waals surface area contributed by atoms with E-state index in [1.54, 1.807) is 0 Å². The van der Waals surface area contributed by atoms with Crippen molar-refractivity contribution in [2.75, 3.05) is 0 Å². The topological polar surface area (TPSA) is 50.1 Å². The first-order valence-electron chi connectivity index (χ1n) is 1.45. The third-order valence-corrected chi connectivity index (χ3v) is 1.05. The molecule has 4 heteroatoms. The van der Waals surface area contributed by atoms with Gasteiger partial charge in [0, 0.05) is 0 Å². The summed E-state index contributed by atoms with van der Waals surface area (Å²) >= 11 is 1.10. The molecule has 0 aliphatic carbocycles. The molecule has 0 bridgehead atoms. The van der Waals surface area contributed by atoms with Crippen LogP contribution in [0.25, 0.3) is 0 Å². The maximum atomic E-state index is 9.40. The van der Waals surface area contributed by atoms with Crippen LogP contribution >= 0.6 is 0 Å². The molecule has 0 fully saturated rings. The van der Waals surface area contributed by atoms with Crippen molar-refractivity contribution in [3.63, 3.8) is 0 Å². The molecule has 0 aromatic rings. The molecular weight excluding hydrogens is 266 g/mol. The molecule has 0 saturated heterocycles. The minimum atomic E-state index is -0.0787. The van der Waals surface area contributed by atoms with E-state index in [9.17, 15) is 4.79 Å². The molecule has 0 heterocycles. The van der Waals surface area contributed by atoms with E-state index in [-0.39, 0.29) is 12.4 Å². The molecule has 0 aliphatic heterocycles. The Bertz CT molecular complexity index is 101. The first kappa shape index (κ1) is 6.70. The van der Waals surface area contributed by atoms with Crippen molar-refractivity contribution in [2.24, 2.45) is 0 Å². The van der Waals surface area contributed by atoms with E-state index in [0.717, 1.165) is 19.4 Å². The Morgan fingerprint density at radius 1 is 1.86 bits per heavy atom. The Morgan fingerprint density at radius 3 is 2.57 bits per heavy atom. The SMILES string of the molecule is N=C([CH]=[W])OC=O. The van der Waals surface area contributed by atoms with Crippen molar-refractivity contribution in [1.82, 2.24) is 0 Å². The van der Waals surface area contributed by atoms with Crippen molar-refractivity contribution in [3.05, 3.63) is 0 Å². The maximum absolute atomic E-state index is 9.40. The summed E-state index contributed by atoms with van der Waals surface area (Å²) in [6.45, 7) is 0.238. The van der Waals surface area contributed by atoms with E-state index < -0.39 is 0 Å². The van der Waals surface area contributed by atoms with Gasteiger partial charge >= 0.3 is 51.1 Å². The van der Waals surface area contributed by atoms with Gasteiger partial charge in [-0.15, -0.1) is 0 Å². The molecule has 1 N–H and O–H groups in total. The Hall–Kier alpha value is -0.302. The minimum absolute atomic E-state index is 0.0787. The van der Waals surface area contributed by atoms with Gasteiger partial charge in [-0.2, -0.15) is 0 Å². The van der Waals surface area contributed by atoms with E-state index in [4.69, 9.17) is 5.41 Å². The summed E-state index contributed by atoms with van der Waals surface area (Å²) in [6, 6.07) is 0. The molecule has 0 rings (SSSR count). The van der Waals surface area contributed by atoms with Crippen LogP contribution in [0, 0.1) is 5.41 Å². The second-order valence-corrected chi connectivity index (χ2v) is 1.54. The zero-order valence-corrected chi connectivity index (χ0v) is 6.31. The first-order valence-corrected chi connectivity index (χ1v) is 3.14. The fourth-order valence-corrected chi connectivity index (χ4v) is 0.279. The van der Waals surface area contributed by atoms with Crippen molar-refractivity contribution in [3.8, 4) is 0 Å². The third-order valence-electron chi connectivity index (χ3n) is 0.282. The molecule has 3 nitrogen and oxygen atoms in total. The van der Waals surface area contributed by atoms with Crippen LogP contribution in [0.2, 0.25) is 0 Å². The second kappa shape index (κ2) is 3.87. The van der Waals surface area contributed by atoms with Crippen molar-refractivity contribution in [2.45, 2.75) is 0 Å². The summed E-state index contributed by atoms with van der Waals surface area (Å²) in [5.41, 5.74) is 0. The number of carbonyl (C=O) groups is 1. The molecule has 0 amide bonds. The van der Waals surface area contributed by atoms with Crippen LogP contribution in [0.5, 0.6) is 0 Å². The molecule has 0 unspecified atom stereocenters. The average molecular weight is 269 g/mol. The van der Waals surface area contributed by atoms with Crippen LogP contribution in [0.3, 0.4) is 0 Å². The summed E-state index contributed by atoms with van der Waals surface area (Å²) in [5, 5.41) is 6.65. The van der Waals surface area contributed by atoms with E-state index in [2.05, 4.69) is 4.74 Å². The van der Waals surface area contributed by atoms with Gasteiger partial charge < -0.3 is 0 Å². The molecule has 0 radical (unpaired) electrons. The predicted molar refractivity (Wildman–Crippen MR) is 20.9 cm³/mol. The molecule has 0 aromatic carbocycles. The zero-order chi connectivity index (χ0) is 5.70. The number of carbonyl (C=O) groups excluding carboxylic acids is 1. The van der Waals surface area contributed by atoms with Crippen LogP contribution in [0.15, 0.2) is 0 Å². The molecular formula is C3H3NO2W. The van der Waals surface area contributed by atoms with Crippen molar-refractivity contribution < 1.29 is 28.9 Å². The normalized spacial score (nSPS) is 6.86. The van der Waals surface area contributed by atoms with Crippen LogP contribution in [0.1, 0.15) is 0 Å². The molecule has 0 saturated carbocycles. The van der Waals surface area contributed by atoms with Gasteiger partial charge in [-0.3, -0.25) is 0 Å². The van der Waals surface area contributed by atoms with Gasteiger partial charge in [0.05, 0.1) is 0 Å². The summed E-state index contributed by atoms with van der Waals surface area (Å²) in [7, 11) is 0. The quantitative estimate of drug-likeness (QED) is 0.417. The summed E-state index contributed by atoms with van der Waals surface area (Å²) in [4.78, 5) is 9.40. The van der Waals surface area contributed by atoms with Gasteiger partial charge in [-0.05, 0) is 0 Å². The van der Waals surface area contributed by atoms with E-state index in [1.807, 2.05) is 0 Å². The third kappa shape index (κ3) is 3.53. The summed E-state index contributed by atoms with van der Waals surface area (Å²) < 4.78 is 5.53. The van der Waals surface area contributed by atoms with Gasteiger partial charge in [0.25, 0.3) is 0 Å². The van der Waals surface area contributed by atoms with Gasteiger partial charge in [0.1, 0.15) is 0 Å². The van der Waals surface area contributed by atoms with Gasteiger partial charge in [-0.1, -0.05) is 0 Å². The van der Waals surface area contributed by atoms with E-state index in [1.165, 1.54) is 4.40 Å². The number of rotatable bonds is 2. The van der Waals surface area contributed by atoms with Crippen LogP contribution in [-0.4, -0.2) is 16.8 Å². The number of hydrogen-bond acceptors (Lipinski definition) is 3. The van der Waals surface area contributed by atoms with Crippen molar-refractivity contribution in [1.29, 1.82) is 5.41 Å². The van der Waals surface area contributed by atoms with E-state index in [0.29, 0.717) is 0 Å². The Morgan fingerprint density at radius 2 is 2.43 bits per heavy atom. The fourth-order valence-electron chi connectivity index (χ4n) is 0.0796. The number of ether oxygens (including phenoxy) is 1. The van der Waals surface area contributed by atoms with Crippen LogP contribution in [0.4, 0.5) is 0 Å². The van der Waals surface area contributed by atoms with Gasteiger partial charge in [-0.25, -0.2) is 0 Å². The molecule has 0 aliphatic rings. The fraction of sp³-hybridized carbons (Fsp3) is 0. The van der Waals surface area contributed by atoms with Gasteiger partial charge in [0.15, 0.2) is 0 Å².